The number of benzene rings is 1. The lowest BCUT2D eigenvalue weighted by Crippen LogP contribution is -2.10. The van der Waals surface area contributed by atoms with Crippen molar-refractivity contribution in [3.05, 3.63) is 71.0 Å². The molecule has 2 heterocycles. The number of furan rings is 1. The number of amides is 2. The van der Waals surface area contributed by atoms with Crippen molar-refractivity contribution in [2.24, 2.45) is 0 Å². The molecule has 0 radical (unpaired) electrons. The number of carbonyl (C=O) groups excluding carboxylic acids is 2. The lowest BCUT2D eigenvalue weighted by Gasteiger charge is -2.07. The summed E-state index contributed by atoms with van der Waals surface area (Å²) in [7, 11) is 0. The molecule has 25 heavy (non-hydrogen) atoms. The summed E-state index contributed by atoms with van der Waals surface area (Å²) >= 11 is 1.21. The quantitative estimate of drug-likeness (QED) is 0.679. The van der Waals surface area contributed by atoms with Crippen molar-refractivity contribution in [3.63, 3.8) is 0 Å². The SMILES string of the molecule is CC(C)c1ccc(NC(=O)c2ccc(NC(=O)c3ccco3)s2)cc1. The third-order valence-corrected chi connectivity index (χ3v) is 4.65. The van der Waals surface area contributed by atoms with Crippen LogP contribution in [0.1, 0.15) is 45.6 Å². The van der Waals surface area contributed by atoms with E-state index in [0.717, 1.165) is 5.69 Å². The van der Waals surface area contributed by atoms with Crippen LogP contribution in [0.25, 0.3) is 0 Å². The van der Waals surface area contributed by atoms with Gasteiger partial charge in [-0.25, -0.2) is 0 Å². The van der Waals surface area contributed by atoms with Gasteiger partial charge >= 0.3 is 0 Å². The minimum Gasteiger partial charge on any atom is -0.459 e. The van der Waals surface area contributed by atoms with Gasteiger partial charge in [0.1, 0.15) is 0 Å². The Bertz CT molecular complexity index is 864. The number of nitrogens with one attached hydrogen (secondary N) is 2. The summed E-state index contributed by atoms with van der Waals surface area (Å²) in [5.74, 6) is 0.121. The lowest BCUT2D eigenvalue weighted by atomic mass is 10.0. The summed E-state index contributed by atoms with van der Waals surface area (Å²) in [5.41, 5.74) is 1.96. The Balaban J connectivity index is 1.63. The lowest BCUT2D eigenvalue weighted by molar-refractivity contribution is 0.0995. The first-order valence-corrected chi connectivity index (χ1v) is 8.70. The first-order valence-electron chi connectivity index (χ1n) is 7.89. The molecule has 0 saturated heterocycles. The predicted octanol–water partition coefficient (Wildman–Crippen LogP) is 4.97. The number of anilines is 2. The van der Waals surface area contributed by atoms with Crippen LogP contribution in [0.2, 0.25) is 0 Å². The maximum absolute atomic E-state index is 12.3. The van der Waals surface area contributed by atoms with Gasteiger partial charge in [0.25, 0.3) is 11.8 Å². The Kier molecular flexibility index (Phi) is 5.00. The fourth-order valence-corrected chi connectivity index (χ4v) is 3.05. The third kappa shape index (κ3) is 4.16. The summed E-state index contributed by atoms with van der Waals surface area (Å²) < 4.78 is 5.04. The second-order valence-corrected chi connectivity index (χ2v) is 6.91. The zero-order valence-electron chi connectivity index (χ0n) is 13.9. The van der Waals surface area contributed by atoms with E-state index in [1.807, 2.05) is 24.3 Å². The van der Waals surface area contributed by atoms with Crippen LogP contribution >= 0.6 is 11.3 Å². The van der Waals surface area contributed by atoms with Gasteiger partial charge in [-0.1, -0.05) is 26.0 Å². The summed E-state index contributed by atoms with van der Waals surface area (Å²) in [6.45, 7) is 4.25. The zero-order chi connectivity index (χ0) is 17.8. The van der Waals surface area contributed by atoms with E-state index in [-0.39, 0.29) is 17.6 Å². The van der Waals surface area contributed by atoms with Gasteiger partial charge in [-0.3, -0.25) is 9.59 Å². The van der Waals surface area contributed by atoms with E-state index in [4.69, 9.17) is 4.42 Å². The van der Waals surface area contributed by atoms with E-state index in [0.29, 0.717) is 15.8 Å². The van der Waals surface area contributed by atoms with E-state index >= 15 is 0 Å². The largest absolute Gasteiger partial charge is 0.459 e. The second kappa shape index (κ2) is 7.36. The van der Waals surface area contributed by atoms with E-state index in [2.05, 4.69) is 24.5 Å². The third-order valence-electron chi connectivity index (χ3n) is 3.65. The van der Waals surface area contributed by atoms with Gasteiger partial charge in [0.15, 0.2) is 5.76 Å². The number of thiophene rings is 1. The normalized spacial score (nSPS) is 10.7. The van der Waals surface area contributed by atoms with E-state index in [1.54, 1.807) is 24.3 Å². The van der Waals surface area contributed by atoms with Crippen LogP contribution in [0.5, 0.6) is 0 Å². The Labute approximate surface area is 149 Å². The first kappa shape index (κ1) is 17.0. The highest BCUT2D eigenvalue weighted by Gasteiger charge is 2.13. The molecule has 0 fully saturated rings. The molecule has 5 nitrogen and oxygen atoms in total. The summed E-state index contributed by atoms with van der Waals surface area (Å²) in [5, 5.41) is 6.15. The zero-order valence-corrected chi connectivity index (χ0v) is 14.7. The predicted molar refractivity (Wildman–Crippen MR) is 99.5 cm³/mol. The standard InChI is InChI=1S/C19H18N2O3S/c1-12(2)13-5-7-14(8-6-13)20-19(23)16-9-10-17(25-16)21-18(22)15-4-3-11-24-15/h3-12H,1-2H3,(H,20,23)(H,21,22). The molecule has 0 saturated carbocycles. The highest BCUT2D eigenvalue weighted by molar-refractivity contribution is 7.18. The number of carbonyl (C=O) groups is 2. The Morgan fingerprint density at radius 1 is 0.960 bits per heavy atom. The van der Waals surface area contributed by atoms with Crippen LogP contribution in [0.4, 0.5) is 10.7 Å². The molecule has 3 rings (SSSR count). The molecule has 0 spiro atoms. The van der Waals surface area contributed by atoms with Crippen LogP contribution < -0.4 is 10.6 Å². The van der Waals surface area contributed by atoms with Crippen molar-refractivity contribution in [2.75, 3.05) is 10.6 Å². The van der Waals surface area contributed by atoms with Crippen molar-refractivity contribution in [2.45, 2.75) is 19.8 Å². The first-order chi connectivity index (χ1) is 12.0. The van der Waals surface area contributed by atoms with Gasteiger partial charge in [0, 0.05) is 5.69 Å². The van der Waals surface area contributed by atoms with Crippen LogP contribution in [0.3, 0.4) is 0 Å². The van der Waals surface area contributed by atoms with Crippen molar-refractivity contribution >= 4 is 33.8 Å². The van der Waals surface area contributed by atoms with Crippen LogP contribution in [-0.2, 0) is 0 Å². The van der Waals surface area contributed by atoms with Crippen molar-refractivity contribution in [3.8, 4) is 0 Å². The maximum atomic E-state index is 12.3. The van der Waals surface area contributed by atoms with Crippen LogP contribution in [0, 0.1) is 0 Å². The van der Waals surface area contributed by atoms with Crippen LogP contribution in [-0.4, -0.2) is 11.8 Å². The average molecular weight is 354 g/mol. The molecular weight excluding hydrogens is 336 g/mol. The van der Waals surface area contributed by atoms with Gasteiger partial charge in [-0.05, 0) is 47.9 Å². The highest BCUT2D eigenvalue weighted by Crippen LogP contribution is 2.24. The molecule has 2 N–H and O–H groups in total. The summed E-state index contributed by atoms with van der Waals surface area (Å²) in [6.07, 6.45) is 1.44. The summed E-state index contributed by atoms with van der Waals surface area (Å²) in [4.78, 5) is 24.8. The minimum atomic E-state index is -0.344. The van der Waals surface area contributed by atoms with E-state index in [1.165, 1.54) is 23.2 Å². The monoisotopic (exact) mass is 354 g/mol. The minimum absolute atomic E-state index is 0.208. The van der Waals surface area contributed by atoms with Crippen molar-refractivity contribution in [1.82, 2.24) is 0 Å². The topological polar surface area (TPSA) is 71.3 Å². The number of hydrogen-bond donors (Lipinski definition) is 2. The van der Waals surface area contributed by atoms with E-state index < -0.39 is 0 Å². The maximum Gasteiger partial charge on any atom is 0.291 e. The number of hydrogen-bond acceptors (Lipinski definition) is 4. The highest BCUT2D eigenvalue weighted by atomic mass is 32.1. The van der Waals surface area contributed by atoms with Crippen molar-refractivity contribution < 1.29 is 14.0 Å². The molecule has 0 atom stereocenters. The van der Waals surface area contributed by atoms with Gasteiger partial charge in [-0.2, -0.15) is 0 Å². The molecule has 128 valence electrons. The molecule has 0 aliphatic heterocycles. The molecule has 1 aromatic carbocycles. The Morgan fingerprint density at radius 2 is 1.72 bits per heavy atom. The van der Waals surface area contributed by atoms with Gasteiger partial charge in [-0.15, -0.1) is 11.3 Å². The molecule has 0 aliphatic rings. The smallest absolute Gasteiger partial charge is 0.291 e. The molecule has 3 aromatic rings. The molecule has 0 aliphatic carbocycles. The molecule has 6 heteroatoms. The van der Waals surface area contributed by atoms with Gasteiger partial charge < -0.3 is 15.1 Å². The average Bonchev–Trinajstić information content (AvgIpc) is 3.27. The fourth-order valence-electron chi connectivity index (χ4n) is 2.25. The van der Waals surface area contributed by atoms with Gasteiger partial charge in [0.2, 0.25) is 0 Å². The number of rotatable bonds is 5. The van der Waals surface area contributed by atoms with Crippen LogP contribution in [0.15, 0.2) is 59.2 Å². The Morgan fingerprint density at radius 3 is 2.36 bits per heavy atom. The summed E-state index contributed by atoms with van der Waals surface area (Å²) in [6, 6.07) is 14.4. The Hall–Kier alpha value is -2.86. The fraction of sp³-hybridized carbons (Fsp3) is 0.158. The van der Waals surface area contributed by atoms with E-state index in [9.17, 15) is 9.59 Å². The second-order valence-electron chi connectivity index (χ2n) is 5.83. The van der Waals surface area contributed by atoms with Crippen molar-refractivity contribution in [1.29, 1.82) is 0 Å². The molecule has 2 amide bonds. The molecule has 0 unspecified atom stereocenters. The molecule has 0 bridgehead atoms. The van der Waals surface area contributed by atoms with Gasteiger partial charge in [0.05, 0.1) is 16.1 Å². The molecule has 2 aromatic heterocycles. The molecular formula is C19H18N2O3S.